The minimum absolute atomic E-state index is 0. The molecule has 0 bridgehead atoms. The highest BCUT2D eigenvalue weighted by Gasteiger charge is 2.35. The smallest absolute Gasteiger partial charge is 0.422 e. The van der Waals surface area contributed by atoms with Crippen LogP contribution in [0.4, 0.5) is 13.2 Å². The lowest BCUT2D eigenvalue weighted by atomic mass is 10.2. The third-order valence-corrected chi connectivity index (χ3v) is 6.54. The van der Waals surface area contributed by atoms with Crippen molar-refractivity contribution < 1.29 is 26.3 Å². The minimum Gasteiger partial charge on any atom is -0.484 e. The predicted molar refractivity (Wildman–Crippen MR) is 96.8 cm³/mol. The van der Waals surface area contributed by atoms with Crippen LogP contribution in [0.1, 0.15) is 6.42 Å². The Kier molecular flexibility index (Phi) is 7.37. The molecule has 1 aromatic carbocycles. The molecule has 154 valence electrons. The fourth-order valence-corrected chi connectivity index (χ4v) is 4.79. The summed E-state index contributed by atoms with van der Waals surface area (Å²) in [6.07, 6.45) is -3.65. The van der Waals surface area contributed by atoms with E-state index in [0.717, 1.165) is 32.6 Å². The van der Waals surface area contributed by atoms with E-state index in [1.165, 1.54) is 28.6 Å². The van der Waals surface area contributed by atoms with Gasteiger partial charge < -0.3 is 10.1 Å². The maximum Gasteiger partial charge on any atom is 0.422 e. The van der Waals surface area contributed by atoms with Gasteiger partial charge in [-0.2, -0.15) is 17.5 Å². The van der Waals surface area contributed by atoms with Gasteiger partial charge >= 0.3 is 6.18 Å². The van der Waals surface area contributed by atoms with Crippen LogP contribution in [0.5, 0.6) is 5.75 Å². The first kappa shape index (κ1) is 22.2. The Hall–Kier alpha value is -1.07. The second-order valence-corrected chi connectivity index (χ2v) is 8.40. The summed E-state index contributed by atoms with van der Waals surface area (Å²) in [5, 5.41) is 3.27. The Morgan fingerprint density at radius 2 is 1.74 bits per heavy atom. The van der Waals surface area contributed by atoms with E-state index in [1.807, 2.05) is 0 Å². The lowest BCUT2D eigenvalue weighted by molar-refractivity contribution is -0.153. The third-order valence-electron chi connectivity index (χ3n) is 4.66. The molecule has 1 N–H and O–H groups in total. The molecule has 1 unspecified atom stereocenters. The molecule has 0 aliphatic carbocycles. The summed E-state index contributed by atoms with van der Waals surface area (Å²) < 4.78 is 68.1. The van der Waals surface area contributed by atoms with Crippen LogP contribution < -0.4 is 10.1 Å². The summed E-state index contributed by atoms with van der Waals surface area (Å²) in [6, 6.07) is 5.30. The molecule has 1 aromatic rings. The Balaban J connectivity index is 0.00000261. The number of hydrogen-bond donors (Lipinski definition) is 1. The third kappa shape index (κ3) is 5.71. The maximum atomic E-state index is 12.8. The van der Waals surface area contributed by atoms with Crippen molar-refractivity contribution in [3.8, 4) is 5.75 Å². The van der Waals surface area contributed by atoms with Gasteiger partial charge in [0.25, 0.3) is 0 Å². The normalized spacial score (nSPS) is 22.4. The standard InChI is InChI=1S/C16H22F3N3O3S.ClH/c17-16(18,19)12-25-14-1-3-15(4-2-14)26(23,24)22-8-5-13(11-22)21-9-6-20-7-10-21;/h1-4,13,20H,5-12H2;1H. The Bertz CT molecular complexity index is 710. The van der Waals surface area contributed by atoms with Gasteiger partial charge in [-0.1, -0.05) is 0 Å². The molecular formula is C16H23ClF3N3O3S. The first-order valence-corrected chi connectivity index (χ1v) is 9.94. The number of rotatable bonds is 5. The summed E-state index contributed by atoms with van der Waals surface area (Å²) in [7, 11) is -3.66. The molecule has 3 rings (SSSR count). The van der Waals surface area contributed by atoms with Gasteiger partial charge in [-0.15, -0.1) is 12.4 Å². The fourth-order valence-electron chi connectivity index (χ4n) is 3.30. The van der Waals surface area contributed by atoms with Gasteiger partial charge in [0.15, 0.2) is 6.61 Å². The SMILES string of the molecule is Cl.O=S(=O)(c1ccc(OCC(F)(F)F)cc1)N1CCC(N2CCNCC2)C1. The number of nitrogens with one attached hydrogen (secondary N) is 1. The number of hydrogen-bond acceptors (Lipinski definition) is 5. The molecule has 0 radical (unpaired) electrons. The molecule has 27 heavy (non-hydrogen) atoms. The fraction of sp³-hybridized carbons (Fsp3) is 0.625. The first-order valence-electron chi connectivity index (χ1n) is 8.50. The quantitative estimate of drug-likeness (QED) is 0.772. The van der Waals surface area contributed by atoms with Crippen molar-refractivity contribution in [1.29, 1.82) is 0 Å². The van der Waals surface area contributed by atoms with Gasteiger partial charge in [0.05, 0.1) is 4.90 Å². The first-order chi connectivity index (χ1) is 12.3. The molecular weight excluding hydrogens is 407 g/mol. The zero-order valence-electron chi connectivity index (χ0n) is 14.6. The van der Waals surface area contributed by atoms with Crippen LogP contribution in [-0.2, 0) is 10.0 Å². The van der Waals surface area contributed by atoms with E-state index in [0.29, 0.717) is 13.1 Å². The summed E-state index contributed by atoms with van der Waals surface area (Å²) in [5.41, 5.74) is 0. The highest BCUT2D eigenvalue weighted by molar-refractivity contribution is 7.89. The summed E-state index contributed by atoms with van der Waals surface area (Å²) in [5.74, 6) is -0.0126. The van der Waals surface area contributed by atoms with E-state index in [4.69, 9.17) is 0 Å². The van der Waals surface area contributed by atoms with Crippen molar-refractivity contribution in [2.24, 2.45) is 0 Å². The molecule has 0 saturated carbocycles. The molecule has 6 nitrogen and oxygen atoms in total. The average Bonchev–Trinajstić information content (AvgIpc) is 3.11. The number of sulfonamides is 1. The number of nitrogens with zero attached hydrogens (tertiary/aromatic N) is 2. The second kappa shape index (κ2) is 8.95. The molecule has 1 atom stereocenters. The van der Waals surface area contributed by atoms with Crippen molar-refractivity contribution in [3.63, 3.8) is 0 Å². The number of alkyl halides is 3. The van der Waals surface area contributed by atoms with E-state index in [1.54, 1.807) is 0 Å². The molecule has 0 aromatic heterocycles. The largest absolute Gasteiger partial charge is 0.484 e. The Morgan fingerprint density at radius 1 is 1.11 bits per heavy atom. The van der Waals surface area contributed by atoms with Gasteiger partial charge in [-0.25, -0.2) is 8.42 Å². The number of benzene rings is 1. The molecule has 2 fully saturated rings. The second-order valence-electron chi connectivity index (χ2n) is 6.47. The molecule has 2 aliphatic heterocycles. The van der Waals surface area contributed by atoms with Crippen LogP contribution in [0.25, 0.3) is 0 Å². The topological polar surface area (TPSA) is 61.9 Å². The number of ether oxygens (including phenoxy) is 1. The van der Waals surface area contributed by atoms with Crippen LogP contribution in [0.2, 0.25) is 0 Å². The van der Waals surface area contributed by atoms with Gasteiger partial charge in [0.2, 0.25) is 10.0 Å². The van der Waals surface area contributed by atoms with Gasteiger partial charge in [0, 0.05) is 45.3 Å². The number of halogens is 4. The lowest BCUT2D eigenvalue weighted by Gasteiger charge is -2.32. The number of piperazine rings is 1. The van der Waals surface area contributed by atoms with E-state index in [9.17, 15) is 21.6 Å². The predicted octanol–water partition coefficient (Wildman–Crippen LogP) is 1.72. The summed E-state index contributed by atoms with van der Waals surface area (Å²) in [6.45, 7) is 3.11. The Morgan fingerprint density at radius 3 is 2.33 bits per heavy atom. The highest BCUT2D eigenvalue weighted by Crippen LogP contribution is 2.26. The maximum absolute atomic E-state index is 12.8. The lowest BCUT2D eigenvalue weighted by Crippen LogP contribution is -2.49. The van der Waals surface area contributed by atoms with E-state index in [-0.39, 0.29) is 29.1 Å². The van der Waals surface area contributed by atoms with Crippen molar-refractivity contribution in [3.05, 3.63) is 24.3 Å². The molecule has 2 heterocycles. The summed E-state index contributed by atoms with van der Waals surface area (Å²) >= 11 is 0. The Labute approximate surface area is 163 Å². The van der Waals surface area contributed by atoms with Crippen molar-refractivity contribution in [2.45, 2.75) is 23.5 Å². The van der Waals surface area contributed by atoms with Crippen LogP contribution in [-0.4, -0.2) is 75.7 Å². The zero-order valence-corrected chi connectivity index (χ0v) is 16.2. The van der Waals surface area contributed by atoms with Crippen LogP contribution in [0.3, 0.4) is 0 Å². The zero-order chi connectivity index (χ0) is 18.8. The van der Waals surface area contributed by atoms with Crippen molar-refractivity contribution >= 4 is 22.4 Å². The highest BCUT2D eigenvalue weighted by atomic mass is 35.5. The van der Waals surface area contributed by atoms with Crippen molar-refractivity contribution in [2.75, 3.05) is 45.9 Å². The van der Waals surface area contributed by atoms with Crippen molar-refractivity contribution in [1.82, 2.24) is 14.5 Å². The van der Waals surface area contributed by atoms with Crippen LogP contribution >= 0.6 is 12.4 Å². The van der Waals surface area contributed by atoms with Crippen LogP contribution in [0, 0.1) is 0 Å². The monoisotopic (exact) mass is 429 g/mol. The molecule has 2 aliphatic rings. The minimum atomic E-state index is -4.43. The van der Waals surface area contributed by atoms with Gasteiger partial charge in [0.1, 0.15) is 5.75 Å². The van der Waals surface area contributed by atoms with Gasteiger partial charge in [-0.05, 0) is 30.7 Å². The van der Waals surface area contributed by atoms with Crippen LogP contribution in [0.15, 0.2) is 29.2 Å². The molecule has 0 spiro atoms. The van der Waals surface area contributed by atoms with E-state index in [2.05, 4.69) is 15.0 Å². The molecule has 0 amide bonds. The molecule has 11 heteroatoms. The molecule has 2 saturated heterocycles. The average molecular weight is 430 g/mol. The van der Waals surface area contributed by atoms with Gasteiger partial charge in [-0.3, -0.25) is 4.90 Å². The van der Waals surface area contributed by atoms with E-state index >= 15 is 0 Å². The summed E-state index contributed by atoms with van der Waals surface area (Å²) in [4.78, 5) is 2.37. The van der Waals surface area contributed by atoms with E-state index < -0.39 is 22.8 Å².